The van der Waals surface area contributed by atoms with Crippen LogP contribution in [0.1, 0.15) is 10.4 Å². The van der Waals surface area contributed by atoms with E-state index < -0.39 is 0 Å². The van der Waals surface area contributed by atoms with Crippen LogP contribution in [0.15, 0.2) is 88.5 Å². The van der Waals surface area contributed by atoms with Gasteiger partial charge < -0.3 is 0 Å². The van der Waals surface area contributed by atoms with E-state index in [4.69, 9.17) is 11.6 Å². The number of hydrogen-bond acceptors (Lipinski definition) is 4. The van der Waals surface area contributed by atoms with Crippen molar-refractivity contribution in [3.8, 4) is 17.1 Å². The van der Waals surface area contributed by atoms with E-state index in [2.05, 4.69) is 26.1 Å². The molecule has 0 amide bonds. The molecule has 0 N–H and O–H groups in total. The number of benzene rings is 3. The van der Waals surface area contributed by atoms with Gasteiger partial charge >= 0.3 is 0 Å². The summed E-state index contributed by atoms with van der Waals surface area (Å²) in [5.41, 5.74) is 2.50. The van der Waals surface area contributed by atoms with Gasteiger partial charge in [-0.25, -0.2) is 0 Å². The van der Waals surface area contributed by atoms with E-state index in [9.17, 15) is 4.79 Å². The number of carbonyl (C=O) groups excluding carboxylic acids is 1. The molecule has 3 aromatic carbocycles. The SMILES string of the molecule is O=C(CSc1nnc(-c2ccc(Cl)cc2)n1-c1ccccc1)c1ccc(Br)cc1. The average Bonchev–Trinajstić information content (AvgIpc) is 3.17. The molecule has 0 unspecified atom stereocenters. The lowest BCUT2D eigenvalue weighted by Gasteiger charge is -2.10. The molecule has 0 bridgehead atoms. The van der Waals surface area contributed by atoms with Gasteiger partial charge in [0.25, 0.3) is 0 Å². The molecule has 0 saturated carbocycles. The van der Waals surface area contributed by atoms with Gasteiger partial charge in [0.15, 0.2) is 16.8 Å². The molecule has 0 radical (unpaired) electrons. The molecule has 0 aliphatic carbocycles. The zero-order valence-electron chi connectivity index (χ0n) is 15.1. The van der Waals surface area contributed by atoms with E-state index in [0.717, 1.165) is 15.7 Å². The zero-order valence-corrected chi connectivity index (χ0v) is 18.3. The fraction of sp³-hybridized carbons (Fsp3) is 0.0455. The molecule has 1 heterocycles. The lowest BCUT2D eigenvalue weighted by Crippen LogP contribution is -2.05. The van der Waals surface area contributed by atoms with Crippen LogP contribution in [-0.2, 0) is 0 Å². The first-order valence-corrected chi connectivity index (χ1v) is 11.0. The van der Waals surface area contributed by atoms with Crippen molar-refractivity contribution < 1.29 is 4.79 Å². The third-order valence-corrected chi connectivity index (χ3v) is 5.96. The van der Waals surface area contributed by atoms with Crippen LogP contribution in [0.25, 0.3) is 17.1 Å². The summed E-state index contributed by atoms with van der Waals surface area (Å²) >= 11 is 10.8. The number of thioether (sulfide) groups is 1. The van der Waals surface area contributed by atoms with Crippen LogP contribution in [0, 0.1) is 0 Å². The molecule has 144 valence electrons. The fourth-order valence-electron chi connectivity index (χ4n) is 2.81. The summed E-state index contributed by atoms with van der Waals surface area (Å²) in [5, 5.41) is 10.1. The number of rotatable bonds is 6. The van der Waals surface area contributed by atoms with Crippen LogP contribution in [-0.4, -0.2) is 26.3 Å². The maximum Gasteiger partial charge on any atom is 0.196 e. The van der Waals surface area contributed by atoms with Gasteiger partial charge in [-0.05, 0) is 48.5 Å². The summed E-state index contributed by atoms with van der Waals surface area (Å²) in [6, 6.07) is 24.7. The Labute approximate surface area is 186 Å². The van der Waals surface area contributed by atoms with E-state index in [1.54, 1.807) is 0 Å². The number of ketones is 1. The Balaban J connectivity index is 1.65. The molecular weight excluding hydrogens is 470 g/mol. The van der Waals surface area contributed by atoms with Crippen molar-refractivity contribution in [2.75, 3.05) is 5.75 Å². The van der Waals surface area contributed by atoms with E-state index in [1.165, 1.54) is 11.8 Å². The van der Waals surface area contributed by atoms with Gasteiger partial charge in [0.1, 0.15) is 0 Å². The first-order valence-electron chi connectivity index (χ1n) is 8.80. The first kappa shape index (κ1) is 19.9. The summed E-state index contributed by atoms with van der Waals surface area (Å²) < 4.78 is 2.90. The van der Waals surface area contributed by atoms with Crippen molar-refractivity contribution in [1.29, 1.82) is 0 Å². The zero-order chi connectivity index (χ0) is 20.2. The second-order valence-corrected chi connectivity index (χ2v) is 8.50. The molecule has 0 saturated heterocycles. The number of aromatic nitrogens is 3. The van der Waals surface area contributed by atoms with Gasteiger partial charge in [0, 0.05) is 26.3 Å². The number of nitrogens with zero attached hydrogens (tertiary/aromatic N) is 3. The Morgan fingerprint density at radius 3 is 2.31 bits per heavy atom. The monoisotopic (exact) mass is 483 g/mol. The highest BCUT2D eigenvalue weighted by molar-refractivity contribution is 9.10. The summed E-state index contributed by atoms with van der Waals surface area (Å²) in [5.74, 6) is 1.01. The molecule has 4 nitrogen and oxygen atoms in total. The Kier molecular flexibility index (Phi) is 6.13. The van der Waals surface area contributed by atoms with Crippen molar-refractivity contribution in [3.05, 3.63) is 93.9 Å². The van der Waals surface area contributed by atoms with E-state index >= 15 is 0 Å². The maximum absolute atomic E-state index is 12.6. The molecule has 4 rings (SSSR count). The van der Waals surface area contributed by atoms with Crippen LogP contribution < -0.4 is 0 Å². The van der Waals surface area contributed by atoms with Crippen LogP contribution in [0.4, 0.5) is 0 Å². The summed E-state index contributed by atoms with van der Waals surface area (Å²) in [4.78, 5) is 12.6. The minimum Gasteiger partial charge on any atom is -0.293 e. The van der Waals surface area contributed by atoms with Gasteiger partial charge in [0.05, 0.1) is 5.75 Å². The van der Waals surface area contributed by atoms with Crippen molar-refractivity contribution in [3.63, 3.8) is 0 Å². The smallest absolute Gasteiger partial charge is 0.196 e. The van der Waals surface area contributed by atoms with Crippen molar-refractivity contribution in [2.45, 2.75) is 5.16 Å². The quantitative estimate of drug-likeness (QED) is 0.237. The molecule has 0 aliphatic rings. The molecule has 0 spiro atoms. The van der Waals surface area contributed by atoms with Crippen LogP contribution in [0.3, 0.4) is 0 Å². The largest absolute Gasteiger partial charge is 0.293 e. The summed E-state index contributed by atoms with van der Waals surface area (Å²) in [6.45, 7) is 0. The van der Waals surface area contributed by atoms with Crippen molar-refractivity contribution in [1.82, 2.24) is 14.8 Å². The van der Waals surface area contributed by atoms with Crippen LogP contribution >= 0.6 is 39.3 Å². The summed E-state index contributed by atoms with van der Waals surface area (Å²) in [7, 11) is 0. The second-order valence-electron chi connectivity index (χ2n) is 6.20. The standard InChI is InChI=1S/C22H15BrClN3OS/c23-17-10-6-15(7-11-17)20(28)14-29-22-26-25-21(16-8-12-18(24)13-9-16)27(22)19-4-2-1-3-5-19/h1-13H,14H2. The molecule has 0 fully saturated rings. The molecular formula is C22H15BrClN3OS. The Bertz CT molecular complexity index is 1130. The van der Waals surface area contributed by atoms with Gasteiger partial charge in [-0.2, -0.15) is 0 Å². The van der Waals surface area contributed by atoms with Gasteiger partial charge in [-0.15, -0.1) is 10.2 Å². The maximum atomic E-state index is 12.6. The highest BCUT2D eigenvalue weighted by atomic mass is 79.9. The Morgan fingerprint density at radius 1 is 0.931 bits per heavy atom. The third-order valence-electron chi connectivity index (χ3n) is 4.25. The topological polar surface area (TPSA) is 47.8 Å². The molecule has 29 heavy (non-hydrogen) atoms. The molecule has 4 aromatic rings. The van der Waals surface area contributed by atoms with Gasteiger partial charge in [-0.3, -0.25) is 9.36 Å². The Hall–Kier alpha value is -2.41. The lowest BCUT2D eigenvalue weighted by molar-refractivity contribution is 0.102. The normalized spacial score (nSPS) is 10.8. The number of Topliss-reactive ketones (excluding diaryl/α,β-unsaturated/α-hetero) is 1. The molecule has 0 atom stereocenters. The van der Waals surface area contributed by atoms with E-state index in [0.29, 0.717) is 21.6 Å². The predicted molar refractivity (Wildman–Crippen MR) is 121 cm³/mol. The molecule has 1 aromatic heterocycles. The minimum absolute atomic E-state index is 0.0400. The third kappa shape index (κ3) is 4.61. The number of halogens is 2. The van der Waals surface area contributed by atoms with E-state index in [-0.39, 0.29) is 11.5 Å². The highest BCUT2D eigenvalue weighted by Crippen LogP contribution is 2.29. The fourth-order valence-corrected chi connectivity index (χ4v) is 4.05. The van der Waals surface area contributed by atoms with Gasteiger partial charge in [-0.1, -0.05) is 69.6 Å². The number of para-hydroxylation sites is 1. The van der Waals surface area contributed by atoms with Crippen molar-refractivity contribution in [2.24, 2.45) is 0 Å². The minimum atomic E-state index is 0.0400. The predicted octanol–water partition coefficient (Wildman–Crippen LogP) is 6.33. The molecule has 0 aliphatic heterocycles. The summed E-state index contributed by atoms with van der Waals surface area (Å²) in [6.07, 6.45) is 0. The first-order chi connectivity index (χ1) is 14.1. The van der Waals surface area contributed by atoms with E-state index in [1.807, 2.05) is 83.4 Å². The lowest BCUT2D eigenvalue weighted by atomic mass is 10.2. The highest BCUT2D eigenvalue weighted by Gasteiger charge is 2.17. The number of hydrogen-bond donors (Lipinski definition) is 0. The van der Waals surface area contributed by atoms with Crippen molar-refractivity contribution >= 4 is 45.1 Å². The molecule has 7 heteroatoms. The second kappa shape index (κ2) is 8.95. The van der Waals surface area contributed by atoms with Crippen LogP contribution in [0.5, 0.6) is 0 Å². The van der Waals surface area contributed by atoms with Gasteiger partial charge in [0.2, 0.25) is 0 Å². The number of carbonyl (C=O) groups is 1. The average molecular weight is 485 g/mol. The Morgan fingerprint density at radius 2 is 1.62 bits per heavy atom. The van der Waals surface area contributed by atoms with Crippen LogP contribution in [0.2, 0.25) is 5.02 Å².